The van der Waals surface area contributed by atoms with Gasteiger partial charge < -0.3 is 0 Å². The van der Waals surface area contributed by atoms with Crippen molar-refractivity contribution < 1.29 is 4.39 Å². The molecular formula is C22H28FN7. The van der Waals surface area contributed by atoms with E-state index in [1.165, 1.54) is 11.6 Å². The van der Waals surface area contributed by atoms with Crippen LogP contribution in [0.15, 0.2) is 48.8 Å². The van der Waals surface area contributed by atoms with Crippen molar-refractivity contribution in [1.29, 1.82) is 0 Å². The van der Waals surface area contributed by atoms with Crippen LogP contribution in [0.2, 0.25) is 0 Å². The summed E-state index contributed by atoms with van der Waals surface area (Å²) < 4.78 is 16.7. The molecule has 7 nitrogen and oxygen atoms in total. The van der Waals surface area contributed by atoms with Crippen molar-refractivity contribution in [3.05, 3.63) is 71.6 Å². The van der Waals surface area contributed by atoms with Crippen LogP contribution in [-0.4, -0.2) is 61.2 Å². The van der Waals surface area contributed by atoms with Gasteiger partial charge in [0.15, 0.2) is 5.82 Å². The summed E-state index contributed by atoms with van der Waals surface area (Å²) in [6.45, 7) is 10.4. The molecule has 158 valence electrons. The molecule has 1 aromatic carbocycles. The molecule has 1 aliphatic heterocycles. The van der Waals surface area contributed by atoms with Gasteiger partial charge in [-0.15, -0.1) is 5.10 Å². The minimum Gasteiger partial charge on any atom is -0.297 e. The van der Waals surface area contributed by atoms with Gasteiger partial charge in [-0.2, -0.15) is 0 Å². The summed E-state index contributed by atoms with van der Waals surface area (Å²) >= 11 is 0. The largest absolute Gasteiger partial charge is 0.297 e. The van der Waals surface area contributed by atoms with Crippen LogP contribution in [0.5, 0.6) is 0 Å². The highest BCUT2D eigenvalue weighted by Crippen LogP contribution is 2.32. The van der Waals surface area contributed by atoms with Crippen LogP contribution < -0.4 is 0 Å². The van der Waals surface area contributed by atoms with E-state index in [1.54, 1.807) is 6.07 Å². The highest BCUT2D eigenvalue weighted by molar-refractivity contribution is 5.27. The van der Waals surface area contributed by atoms with Gasteiger partial charge in [0.2, 0.25) is 0 Å². The second-order valence-corrected chi connectivity index (χ2v) is 8.71. The lowest BCUT2D eigenvalue weighted by atomic mass is 10.0. The second-order valence-electron chi connectivity index (χ2n) is 8.71. The van der Waals surface area contributed by atoms with Gasteiger partial charge >= 0.3 is 0 Å². The predicted octanol–water partition coefficient (Wildman–Crippen LogP) is 2.87. The van der Waals surface area contributed by atoms with Gasteiger partial charge in [0.1, 0.15) is 11.9 Å². The summed E-state index contributed by atoms with van der Waals surface area (Å²) in [7, 11) is 0. The van der Waals surface area contributed by atoms with E-state index < -0.39 is 0 Å². The van der Waals surface area contributed by atoms with Crippen LogP contribution in [-0.2, 0) is 12.1 Å². The zero-order valence-corrected chi connectivity index (χ0v) is 17.7. The Hall–Kier alpha value is -2.71. The van der Waals surface area contributed by atoms with E-state index >= 15 is 0 Å². The van der Waals surface area contributed by atoms with Gasteiger partial charge in [-0.3, -0.25) is 14.8 Å². The predicted molar refractivity (Wildman–Crippen MR) is 112 cm³/mol. The SMILES string of the molecule is CC(C)(C)n1nnnc1[C@H](c1ccccc1F)N1CCN(Cc2ccncc2)CC1. The molecule has 0 N–H and O–H groups in total. The first-order valence-corrected chi connectivity index (χ1v) is 10.3. The van der Waals surface area contributed by atoms with Crippen molar-refractivity contribution in [2.75, 3.05) is 26.2 Å². The summed E-state index contributed by atoms with van der Waals surface area (Å²) in [4.78, 5) is 8.79. The van der Waals surface area contributed by atoms with Crippen LogP contribution >= 0.6 is 0 Å². The Morgan fingerprint density at radius 2 is 1.70 bits per heavy atom. The normalized spacial score (nSPS) is 17.2. The molecule has 0 aliphatic carbocycles. The molecule has 2 aromatic heterocycles. The highest BCUT2D eigenvalue weighted by atomic mass is 19.1. The maximum atomic E-state index is 14.9. The first-order chi connectivity index (χ1) is 14.4. The Labute approximate surface area is 176 Å². The van der Waals surface area contributed by atoms with Crippen LogP contribution in [0.4, 0.5) is 4.39 Å². The van der Waals surface area contributed by atoms with Gasteiger partial charge in [0.25, 0.3) is 0 Å². The maximum absolute atomic E-state index is 14.9. The van der Waals surface area contributed by atoms with Crippen molar-refractivity contribution in [2.24, 2.45) is 0 Å². The number of aromatic nitrogens is 5. The first-order valence-electron chi connectivity index (χ1n) is 10.3. The molecule has 3 aromatic rings. The Balaban J connectivity index is 1.59. The van der Waals surface area contributed by atoms with Crippen LogP contribution in [0.3, 0.4) is 0 Å². The van der Waals surface area contributed by atoms with Gasteiger partial charge in [-0.05, 0) is 55.0 Å². The number of pyridine rings is 1. The van der Waals surface area contributed by atoms with Crippen molar-refractivity contribution in [1.82, 2.24) is 35.0 Å². The number of hydrogen-bond acceptors (Lipinski definition) is 6. The lowest BCUT2D eigenvalue weighted by molar-refractivity contribution is 0.0966. The van der Waals surface area contributed by atoms with Crippen LogP contribution in [0.1, 0.15) is 43.8 Å². The molecule has 4 rings (SSSR count). The summed E-state index contributed by atoms with van der Waals surface area (Å²) in [5.41, 5.74) is 1.56. The number of hydrogen-bond donors (Lipinski definition) is 0. The van der Waals surface area contributed by atoms with Crippen molar-refractivity contribution >= 4 is 0 Å². The topological polar surface area (TPSA) is 63.0 Å². The van der Waals surface area contributed by atoms with Gasteiger partial charge in [0.05, 0.1) is 5.54 Å². The number of nitrogens with zero attached hydrogens (tertiary/aromatic N) is 7. The average molecular weight is 410 g/mol. The summed E-state index contributed by atoms with van der Waals surface area (Å²) in [6, 6.07) is 10.7. The molecule has 30 heavy (non-hydrogen) atoms. The summed E-state index contributed by atoms with van der Waals surface area (Å²) in [5.74, 6) is 0.445. The van der Waals surface area contributed by atoms with Gasteiger partial charge in [-0.1, -0.05) is 18.2 Å². The zero-order valence-electron chi connectivity index (χ0n) is 17.7. The molecule has 8 heteroatoms. The van der Waals surface area contributed by atoms with Crippen LogP contribution in [0, 0.1) is 5.82 Å². The van der Waals surface area contributed by atoms with Crippen LogP contribution in [0.25, 0.3) is 0 Å². The Bertz CT molecular complexity index is 959. The third-order valence-electron chi connectivity index (χ3n) is 5.50. The van der Waals surface area contributed by atoms with Crippen molar-refractivity contribution in [3.63, 3.8) is 0 Å². The molecule has 1 aliphatic rings. The third-order valence-corrected chi connectivity index (χ3v) is 5.50. The fraction of sp³-hybridized carbons (Fsp3) is 0.455. The number of rotatable bonds is 5. The van der Waals surface area contributed by atoms with E-state index in [9.17, 15) is 4.39 Å². The molecule has 0 bridgehead atoms. The van der Waals surface area contributed by atoms with Gasteiger partial charge in [-0.25, -0.2) is 9.07 Å². The van der Waals surface area contributed by atoms with E-state index in [2.05, 4.69) is 51.1 Å². The zero-order chi connectivity index (χ0) is 21.1. The number of piperazine rings is 1. The molecule has 0 saturated carbocycles. The quantitative estimate of drug-likeness (QED) is 0.646. The molecule has 0 spiro atoms. The molecule has 0 unspecified atom stereocenters. The minimum absolute atomic E-state index is 0.231. The Morgan fingerprint density at radius 3 is 2.37 bits per heavy atom. The molecule has 0 amide bonds. The number of halogens is 1. The van der Waals surface area contributed by atoms with Crippen molar-refractivity contribution in [2.45, 2.75) is 38.9 Å². The molecule has 1 atom stereocenters. The monoisotopic (exact) mass is 409 g/mol. The number of benzene rings is 1. The maximum Gasteiger partial charge on any atom is 0.173 e. The van der Waals surface area contributed by atoms with E-state index in [0.717, 1.165) is 32.7 Å². The summed E-state index contributed by atoms with van der Waals surface area (Å²) in [6.07, 6.45) is 3.65. The first kappa shape index (κ1) is 20.6. The lowest BCUT2D eigenvalue weighted by Crippen LogP contribution is -2.48. The molecule has 1 saturated heterocycles. The van der Waals surface area contributed by atoms with E-state index in [4.69, 9.17) is 0 Å². The Kier molecular flexibility index (Phi) is 5.87. The fourth-order valence-corrected chi connectivity index (χ4v) is 3.96. The van der Waals surface area contributed by atoms with E-state index in [-0.39, 0.29) is 17.4 Å². The number of tetrazole rings is 1. The molecule has 0 radical (unpaired) electrons. The lowest BCUT2D eigenvalue weighted by Gasteiger charge is -2.39. The molecule has 3 heterocycles. The average Bonchev–Trinajstić information content (AvgIpc) is 3.22. The second kappa shape index (κ2) is 8.57. The molecule has 1 fully saturated rings. The summed E-state index contributed by atoms with van der Waals surface area (Å²) in [5, 5.41) is 12.5. The van der Waals surface area contributed by atoms with Crippen molar-refractivity contribution in [3.8, 4) is 0 Å². The van der Waals surface area contributed by atoms with E-state index in [0.29, 0.717) is 11.4 Å². The van der Waals surface area contributed by atoms with Gasteiger partial charge in [0, 0.05) is 50.7 Å². The molecular weight excluding hydrogens is 381 g/mol. The van der Waals surface area contributed by atoms with E-state index in [1.807, 2.05) is 41.3 Å². The highest BCUT2D eigenvalue weighted by Gasteiger charge is 2.34. The fourth-order valence-electron chi connectivity index (χ4n) is 3.96. The smallest absolute Gasteiger partial charge is 0.173 e. The Morgan fingerprint density at radius 1 is 1.00 bits per heavy atom. The standard InChI is InChI=1S/C22H28FN7/c1-22(2,3)30-21(25-26-27-30)20(18-6-4-5-7-19(18)23)29-14-12-28(13-15-29)16-17-8-10-24-11-9-17/h4-11,20H,12-16H2,1-3H3/t20-/m0/s1. The third kappa shape index (κ3) is 4.39. The minimum atomic E-state index is -0.330.